The Morgan fingerprint density at radius 2 is 2.15 bits per heavy atom. The minimum absolute atomic E-state index is 0.519. The van der Waals surface area contributed by atoms with Crippen LogP contribution in [0.5, 0.6) is 0 Å². The molecule has 1 atom stereocenters. The molecule has 2 heterocycles. The lowest BCUT2D eigenvalue weighted by molar-refractivity contribution is 0.281. The van der Waals surface area contributed by atoms with Gasteiger partial charge < -0.3 is 10.2 Å². The summed E-state index contributed by atoms with van der Waals surface area (Å²) in [5, 5.41) is 5.68. The lowest BCUT2D eigenvalue weighted by Gasteiger charge is -2.22. The van der Waals surface area contributed by atoms with Gasteiger partial charge in [-0.3, -0.25) is 4.40 Å². The second-order valence-corrected chi connectivity index (χ2v) is 5.97. The zero-order valence-corrected chi connectivity index (χ0v) is 13.6. The number of aromatic nitrogens is 2. The normalized spacial score (nSPS) is 13.4. The predicted molar refractivity (Wildman–Crippen MR) is 86.6 cm³/mol. The van der Waals surface area contributed by atoms with Crippen LogP contribution in [0.4, 0.5) is 0 Å². The molecule has 0 aliphatic carbocycles. The van der Waals surface area contributed by atoms with Crippen LogP contribution >= 0.6 is 11.3 Å². The van der Waals surface area contributed by atoms with Gasteiger partial charge in [-0.05, 0) is 32.6 Å². The highest BCUT2D eigenvalue weighted by atomic mass is 32.1. The second-order valence-electron chi connectivity index (χ2n) is 5.10. The summed E-state index contributed by atoms with van der Waals surface area (Å²) in [7, 11) is 0. The van der Waals surface area contributed by atoms with Crippen molar-refractivity contribution in [3.8, 4) is 0 Å². The second kappa shape index (κ2) is 7.76. The summed E-state index contributed by atoms with van der Waals surface area (Å²) in [6.45, 7) is 11.1. The quantitative estimate of drug-likeness (QED) is 0.772. The van der Waals surface area contributed by atoms with E-state index in [4.69, 9.17) is 4.98 Å². The number of likely N-dealkylation sites (N-methyl/N-ethyl adjacent to an activating group) is 1. The molecule has 0 saturated heterocycles. The van der Waals surface area contributed by atoms with Gasteiger partial charge in [0.2, 0.25) is 0 Å². The summed E-state index contributed by atoms with van der Waals surface area (Å²) < 4.78 is 2.12. The van der Waals surface area contributed by atoms with Crippen LogP contribution in [-0.2, 0) is 6.42 Å². The molecule has 0 aliphatic rings. The molecular weight excluding hydrogens is 268 g/mol. The van der Waals surface area contributed by atoms with Crippen molar-refractivity contribution in [2.75, 3.05) is 26.2 Å². The van der Waals surface area contributed by atoms with Crippen molar-refractivity contribution in [3.05, 3.63) is 23.5 Å². The fourth-order valence-electron chi connectivity index (χ4n) is 2.57. The topological polar surface area (TPSA) is 32.6 Å². The maximum Gasteiger partial charge on any atom is 0.193 e. The average molecular weight is 294 g/mol. The van der Waals surface area contributed by atoms with Crippen molar-refractivity contribution < 1.29 is 0 Å². The minimum Gasteiger partial charge on any atom is -0.314 e. The lowest BCUT2D eigenvalue weighted by Crippen LogP contribution is -2.35. The predicted octanol–water partition coefficient (Wildman–Crippen LogP) is 2.65. The number of hydrogen-bond donors (Lipinski definition) is 1. The van der Waals surface area contributed by atoms with Gasteiger partial charge in [0.1, 0.15) is 0 Å². The molecule has 2 aromatic heterocycles. The number of hydrogen-bond acceptors (Lipinski definition) is 4. The van der Waals surface area contributed by atoms with Gasteiger partial charge in [0, 0.05) is 30.2 Å². The van der Waals surface area contributed by atoms with Crippen LogP contribution in [0, 0.1) is 0 Å². The Labute approximate surface area is 125 Å². The van der Waals surface area contributed by atoms with Crippen molar-refractivity contribution in [1.29, 1.82) is 0 Å². The summed E-state index contributed by atoms with van der Waals surface area (Å²) in [5.74, 6) is 0. The number of nitrogens with zero attached hydrogens (tertiary/aromatic N) is 3. The molecule has 0 aromatic carbocycles. The molecule has 112 valence electrons. The maximum atomic E-state index is 4.69. The van der Waals surface area contributed by atoms with E-state index >= 15 is 0 Å². The summed E-state index contributed by atoms with van der Waals surface area (Å²) in [6.07, 6.45) is 6.44. The Kier molecular flexibility index (Phi) is 6.01. The highest BCUT2D eigenvalue weighted by molar-refractivity contribution is 7.15. The van der Waals surface area contributed by atoms with E-state index in [1.54, 1.807) is 11.3 Å². The van der Waals surface area contributed by atoms with Gasteiger partial charge in [-0.15, -0.1) is 11.3 Å². The summed E-state index contributed by atoms with van der Waals surface area (Å²) in [6, 6.07) is 0.519. The summed E-state index contributed by atoms with van der Waals surface area (Å²) in [5.41, 5.74) is 1.20. The summed E-state index contributed by atoms with van der Waals surface area (Å²) in [4.78, 5) is 8.27. The van der Waals surface area contributed by atoms with Crippen molar-refractivity contribution in [2.45, 2.75) is 39.7 Å². The fraction of sp³-hybridized carbons (Fsp3) is 0.667. The molecule has 0 amide bonds. The number of nitrogens with one attached hydrogen (secondary N) is 1. The zero-order valence-electron chi connectivity index (χ0n) is 12.8. The summed E-state index contributed by atoms with van der Waals surface area (Å²) >= 11 is 1.70. The smallest absolute Gasteiger partial charge is 0.193 e. The molecule has 5 heteroatoms. The molecule has 0 fully saturated rings. The maximum absolute atomic E-state index is 4.69. The van der Waals surface area contributed by atoms with Gasteiger partial charge in [-0.1, -0.05) is 20.8 Å². The Bertz CT molecular complexity index is 472. The van der Waals surface area contributed by atoms with E-state index in [-0.39, 0.29) is 0 Å². The molecular formula is C15H26N4S. The first-order valence-corrected chi connectivity index (χ1v) is 8.51. The van der Waals surface area contributed by atoms with Crippen molar-refractivity contribution in [2.24, 2.45) is 0 Å². The highest BCUT2D eigenvalue weighted by Gasteiger charge is 2.12. The molecule has 0 bridgehead atoms. The molecule has 0 saturated carbocycles. The van der Waals surface area contributed by atoms with E-state index < -0.39 is 0 Å². The first-order chi connectivity index (χ1) is 9.76. The third kappa shape index (κ3) is 4.04. The lowest BCUT2D eigenvalue weighted by atomic mass is 10.1. The standard InChI is InChI=1S/C15H26N4S/c1-4-16-13(7-8-18(5-2)6-3)11-14-12-19-9-10-20-15(19)17-14/h9-10,12-13,16H,4-8,11H2,1-3H3. The van der Waals surface area contributed by atoms with Crippen LogP contribution in [-0.4, -0.2) is 46.5 Å². The van der Waals surface area contributed by atoms with Crippen LogP contribution < -0.4 is 5.32 Å². The largest absolute Gasteiger partial charge is 0.314 e. The van der Waals surface area contributed by atoms with Crippen LogP contribution in [0.15, 0.2) is 17.8 Å². The number of imidazole rings is 1. The van der Waals surface area contributed by atoms with Gasteiger partial charge in [-0.2, -0.15) is 0 Å². The van der Waals surface area contributed by atoms with Crippen molar-refractivity contribution >= 4 is 16.3 Å². The van der Waals surface area contributed by atoms with Gasteiger partial charge in [0.25, 0.3) is 0 Å². The number of fused-ring (bicyclic) bond motifs is 1. The van der Waals surface area contributed by atoms with E-state index in [2.05, 4.69) is 53.2 Å². The third-order valence-electron chi connectivity index (χ3n) is 3.78. The SMILES string of the molecule is CCNC(CCN(CC)CC)Cc1cn2ccsc2n1. The zero-order chi connectivity index (χ0) is 14.4. The highest BCUT2D eigenvalue weighted by Crippen LogP contribution is 2.13. The molecule has 2 aromatic rings. The Balaban J connectivity index is 1.92. The first-order valence-electron chi connectivity index (χ1n) is 7.63. The molecule has 2 rings (SSSR count). The molecule has 0 radical (unpaired) electrons. The van der Waals surface area contributed by atoms with E-state index in [1.165, 1.54) is 12.1 Å². The molecule has 0 spiro atoms. The van der Waals surface area contributed by atoms with Crippen molar-refractivity contribution in [1.82, 2.24) is 19.6 Å². The van der Waals surface area contributed by atoms with Crippen LogP contribution in [0.2, 0.25) is 0 Å². The van der Waals surface area contributed by atoms with E-state index in [0.717, 1.165) is 37.6 Å². The van der Waals surface area contributed by atoms with Gasteiger partial charge >= 0.3 is 0 Å². The van der Waals surface area contributed by atoms with E-state index in [1.807, 2.05) is 0 Å². The number of rotatable bonds is 9. The monoisotopic (exact) mass is 294 g/mol. The third-order valence-corrected chi connectivity index (χ3v) is 4.55. The molecule has 0 aliphatic heterocycles. The molecule has 1 unspecified atom stereocenters. The number of thiazole rings is 1. The molecule has 1 N–H and O–H groups in total. The van der Waals surface area contributed by atoms with Gasteiger partial charge in [0.15, 0.2) is 4.96 Å². The van der Waals surface area contributed by atoms with Crippen LogP contribution in [0.1, 0.15) is 32.9 Å². The molecule has 20 heavy (non-hydrogen) atoms. The van der Waals surface area contributed by atoms with Gasteiger partial charge in [0.05, 0.1) is 5.69 Å². The van der Waals surface area contributed by atoms with E-state index in [0.29, 0.717) is 6.04 Å². The average Bonchev–Trinajstić information content (AvgIpc) is 3.01. The molecule has 4 nitrogen and oxygen atoms in total. The fourth-order valence-corrected chi connectivity index (χ4v) is 3.29. The Morgan fingerprint density at radius 1 is 1.35 bits per heavy atom. The Morgan fingerprint density at radius 3 is 2.80 bits per heavy atom. The van der Waals surface area contributed by atoms with Crippen molar-refractivity contribution in [3.63, 3.8) is 0 Å². The van der Waals surface area contributed by atoms with Gasteiger partial charge in [-0.25, -0.2) is 4.98 Å². The van der Waals surface area contributed by atoms with Crippen LogP contribution in [0.3, 0.4) is 0 Å². The minimum atomic E-state index is 0.519. The van der Waals surface area contributed by atoms with Crippen LogP contribution in [0.25, 0.3) is 4.96 Å². The van der Waals surface area contributed by atoms with E-state index in [9.17, 15) is 0 Å². The Hall–Kier alpha value is -0.910. The first kappa shape index (κ1) is 15.5.